The maximum absolute atomic E-state index is 4.75. The molecule has 0 atom stereocenters. The Morgan fingerprint density at radius 2 is 1.05 bits per heavy atom. The van der Waals surface area contributed by atoms with Crippen LogP contribution in [0.25, 0.3) is 43.9 Å². The van der Waals surface area contributed by atoms with Crippen molar-refractivity contribution in [1.82, 2.24) is 9.97 Å². The van der Waals surface area contributed by atoms with Gasteiger partial charge in [-0.25, -0.2) is 4.98 Å². The van der Waals surface area contributed by atoms with E-state index in [-0.39, 0.29) is 0 Å². The fraction of sp³-hybridized carbons (Fsp3) is 0.0270. The summed E-state index contributed by atoms with van der Waals surface area (Å²) >= 11 is 0. The number of rotatable bonds is 5. The van der Waals surface area contributed by atoms with E-state index in [4.69, 9.17) is 9.97 Å². The molecule has 0 unspecified atom stereocenters. The Bertz CT molecular complexity index is 1870. The lowest BCUT2D eigenvalue weighted by Gasteiger charge is -2.24. The van der Waals surface area contributed by atoms with Gasteiger partial charge < -0.3 is 0 Å². The number of hydrogen-bond acceptors (Lipinski definition) is 3. The van der Waals surface area contributed by atoms with Gasteiger partial charge in [0.15, 0.2) is 0 Å². The van der Waals surface area contributed by atoms with Crippen LogP contribution in [0.1, 0.15) is 5.56 Å². The number of hydrogen-bond donors (Lipinski definition) is 0. The first-order chi connectivity index (χ1) is 19.8. The van der Waals surface area contributed by atoms with E-state index in [2.05, 4.69) is 133 Å². The second-order valence-electron chi connectivity index (χ2n) is 9.97. The van der Waals surface area contributed by atoms with Crippen LogP contribution in [-0.4, -0.2) is 9.97 Å². The minimum atomic E-state index is 0.889. The van der Waals surface area contributed by atoms with E-state index in [1.165, 1.54) is 38.2 Å². The first kappa shape index (κ1) is 23.8. The maximum Gasteiger partial charge on any atom is 0.137 e. The summed E-state index contributed by atoms with van der Waals surface area (Å²) in [6.45, 7) is 2.06. The van der Waals surface area contributed by atoms with Crippen molar-refractivity contribution in [2.75, 3.05) is 4.90 Å². The molecular weight excluding hydrogens is 486 g/mol. The third-order valence-electron chi connectivity index (χ3n) is 7.41. The van der Waals surface area contributed by atoms with Crippen molar-refractivity contribution in [3.05, 3.63) is 151 Å². The lowest BCUT2D eigenvalue weighted by atomic mass is 9.87. The molecule has 3 nitrogen and oxygen atoms in total. The normalized spacial score (nSPS) is 11.1. The van der Waals surface area contributed by atoms with Crippen molar-refractivity contribution < 1.29 is 0 Å². The molecule has 2 heterocycles. The van der Waals surface area contributed by atoms with Crippen LogP contribution >= 0.6 is 0 Å². The molecule has 0 saturated heterocycles. The average molecular weight is 514 g/mol. The highest BCUT2D eigenvalue weighted by Crippen LogP contribution is 2.43. The lowest BCUT2D eigenvalue weighted by molar-refractivity contribution is 1.16. The summed E-state index contributed by atoms with van der Waals surface area (Å²) in [6.07, 6.45) is 3.79. The molecule has 5 aromatic carbocycles. The van der Waals surface area contributed by atoms with Crippen LogP contribution in [0, 0.1) is 6.92 Å². The molecule has 2 aromatic heterocycles. The Hall–Kier alpha value is -5.28. The van der Waals surface area contributed by atoms with E-state index >= 15 is 0 Å². The van der Waals surface area contributed by atoms with Gasteiger partial charge in [0, 0.05) is 29.3 Å². The Kier molecular flexibility index (Phi) is 6.02. The van der Waals surface area contributed by atoms with Crippen LogP contribution in [-0.2, 0) is 0 Å². The number of anilines is 3. The molecule has 0 spiro atoms. The van der Waals surface area contributed by atoms with Gasteiger partial charge in [-0.2, -0.15) is 0 Å². The molecule has 0 N–H and O–H groups in total. The van der Waals surface area contributed by atoms with E-state index in [1.54, 1.807) is 0 Å². The van der Waals surface area contributed by atoms with Crippen molar-refractivity contribution in [1.29, 1.82) is 0 Å². The van der Waals surface area contributed by atoms with Gasteiger partial charge in [-0.3, -0.25) is 9.88 Å². The minimum absolute atomic E-state index is 0.889. The van der Waals surface area contributed by atoms with Crippen molar-refractivity contribution in [2.45, 2.75) is 6.92 Å². The summed E-state index contributed by atoms with van der Waals surface area (Å²) in [7, 11) is 0. The largest absolute Gasteiger partial charge is 0.295 e. The fourth-order valence-corrected chi connectivity index (χ4v) is 5.59. The smallest absolute Gasteiger partial charge is 0.137 e. The lowest BCUT2D eigenvalue weighted by Crippen LogP contribution is -2.11. The minimum Gasteiger partial charge on any atom is -0.295 e. The summed E-state index contributed by atoms with van der Waals surface area (Å²) in [5.41, 5.74) is 7.84. The Labute approximate surface area is 234 Å². The molecule has 0 fully saturated rings. The molecule has 7 aromatic rings. The zero-order chi connectivity index (χ0) is 26.9. The average Bonchev–Trinajstić information content (AvgIpc) is 3.02. The van der Waals surface area contributed by atoms with Crippen molar-refractivity contribution in [3.8, 4) is 22.4 Å². The molecule has 0 amide bonds. The second-order valence-corrected chi connectivity index (χ2v) is 9.97. The van der Waals surface area contributed by atoms with Gasteiger partial charge in [-0.1, -0.05) is 91.0 Å². The first-order valence-electron chi connectivity index (χ1n) is 13.5. The highest BCUT2D eigenvalue weighted by molar-refractivity contribution is 6.21. The number of para-hydroxylation sites is 1. The summed E-state index contributed by atoms with van der Waals surface area (Å²) in [5, 5.41) is 4.84. The van der Waals surface area contributed by atoms with Crippen molar-refractivity contribution >= 4 is 38.7 Å². The summed E-state index contributed by atoms with van der Waals surface area (Å²) in [5.74, 6) is 0.889. The Morgan fingerprint density at radius 3 is 1.62 bits per heavy atom. The number of benzene rings is 5. The molecular formula is C37H27N3. The first-order valence-corrected chi connectivity index (χ1v) is 13.5. The predicted molar refractivity (Wildman–Crippen MR) is 167 cm³/mol. The van der Waals surface area contributed by atoms with Gasteiger partial charge in [0.2, 0.25) is 0 Å². The number of aryl methyl sites for hydroxylation is 1. The molecule has 0 aliphatic carbocycles. The number of pyridine rings is 2. The molecule has 3 heteroatoms. The number of fused-ring (bicyclic) bond motifs is 2. The highest BCUT2D eigenvalue weighted by Gasteiger charge is 2.18. The Morgan fingerprint density at radius 1 is 0.475 bits per heavy atom. The summed E-state index contributed by atoms with van der Waals surface area (Å²) < 4.78 is 0. The maximum atomic E-state index is 4.75. The third kappa shape index (κ3) is 4.18. The standard InChI is InChI=1S/C37H27N3/c1-26-18-23-35(39-25-26)40(28-11-3-2-4-12-28)29-21-19-27(20-22-29)36-30-13-5-7-15-32(30)37(34-17-9-10-24-38-34)33-16-8-6-14-31(33)36/h2-25H,1H3. The zero-order valence-corrected chi connectivity index (χ0v) is 22.2. The molecule has 0 radical (unpaired) electrons. The summed E-state index contributed by atoms with van der Waals surface area (Å²) in [4.78, 5) is 11.7. The van der Waals surface area contributed by atoms with Gasteiger partial charge in [0.05, 0.1) is 5.69 Å². The van der Waals surface area contributed by atoms with Gasteiger partial charge in [-0.15, -0.1) is 0 Å². The van der Waals surface area contributed by atoms with Crippen LogP contribution in [0.4, 0.5) is 17.2 Å². The van der Waals surface area contributed by atoms with Crippen LogP contribution < -0.4 is 4.90 Å². The van der Waals surface area contributed by atoms with Crippen LogP contribution in [0.2, 0.25) is 0 Å². The SMILES string of the molecule is Cc1ccc(N(c2ccccc2)c2ccc(-c3c4ccccc4c(-c4ccccn4)c4ccccc34)cc2)nc1. The highest BCUT2D eigenvalue weighted by atomic mass is 15.2. The van der Waals surface area contributed by atoms with E-state index in [1.807, 2.05) is 24.5 Å². The van der Waals surface area contributed by atoms with Gasteiger partial charge in [-0.05, 0) is 87.6 Å². The number of aromatic nitrogens is 2. The van der Waals surface area contributed by atoms with E-state index < -0.39 is 0 Å². The van der Waals surface area contributed by atoms with Crippen LogP contribution in [0.15, 0.2) is 146 Å². The quantitative estimate of drug-likeness (QED) is 0.214. The molecule has 190 valence electrons. The van der Waals surface area contributed by atoms with E-state index in [9.17, 15) is 0 Å². The topological polar surface area (TPSA) is 29.0 Å². The molecule has 0 aliphatic rings. The molecule has 0 saturated carbocycles. The van der Waals surface area contributed by atoms with Crippen LogP contribution in [0.5, 0.6) is 0 Å². The number of nitrogens with zero attached hydrogens (tertiary/aromatic N) is 3. The van der Waals surface area contributed by atoms with Crippen molar-refractivity contribution in [3.63, 3.8) is 0 Å². The zero-order valence-electron chi connectivity index (χ0n) is 22.2. The van der Waals surface area contributed by atoms with Crippen LogP contribution in [0.3, 0.4) is 0 Å². The Balaban J connectivity index is 1.42. The van der Waals surface area contributed by atoms with Gasteiger partial charge in [0.1, 0.15) is 5.82 Å². The molecule has 40 heavy (non-hydrogen) atoms. The van der Waals surface area contributed by atoms with Gasteiger partial charge >= 0.3 is 0 Å². The fourth-order valence-electron chi connectivity index (χ4n) is 5.59. The van der Waals surface area contributed by atoms with Gasteiger partial charge in [0.25, 0.3) is 0 Å². The van der Waals surface area contributed by atoms with Crippen molar-refractivity contribution in [2.24, 2.45) is 0 Å². The second kappa shape index (κ2) is 10.1. The summed E-state index contributed by atoms with van der Waals surface area (Å²) in [6, 6.07) is 46.9. The van der Waals surface area contributed by atoms with E-state index in [0.717, 1.165) is 28.5 Å². The molecule has 0 bridgehead atoms. The molecule has 0 aliphatic heterocycles. The third-order valence-corrected chi connectivity index (χ3v) is 7.41. The predicted octanol–water partition coefficient (Wildman–Crippen LogP) is 9.90. The van der Waals surface area contributed by atoms with E-state index in [0.29, 0.717) is 0 Å². The molecule has 7 rings (SSSR count). The monoisotopic (exact) mass is 513 g/mol.